The van der Waals surface area contributed by atoms with E-state index in [1.165, 1.54) is 20.0 Å². The van der Waals surface area contributed by atoms with Gasteiger partial charge in [0.15, 0.2) is 0 Å². The van der Waals surface area contributed by atoms with Gasteiger partial charge in [-0.05, 0) is 52.0 Å². The van der Waals surface area contributed by atoms with Crippen molar-refractivity contribution >= 4 is 11.7 Å². The van der Waals surface area contributed by atoms with Crippen molar-refractivity contribution in [2.75, 3.05) is 11.9 Å². The first-order valence-corrected chi connectivity index (χ1v) is 10.9. The Morgan fingerprint density at radius 3 is 2.50 bits per heavy atom. The highest BCUT2D eigenvalue weighted by Crippen LogP contribution is 2.34. The molecule has 1 amide bonds. The van der Waals surface area contributed by atoms with Gasteiger partial charge in [0.2, 0.25) is 0 Å². The Hall–Kier alpha value is -3.49. The summed E-state index contributed by atoms with van der Waals surface area (Å²) in [5.41, 5.74) is -1.33. The van der Waals surface area contributed by atoms with Crippen molar-refractivity contribution in [3.05, 3.63) is 76.4 Å². The minimum atomic E-state index is -2.02. The van der Waals surface area contributed by atoms with Gasteiger partial charge >= 0.3 is 0 Å². The number of nitrogens with one attached hydrogen (secondary N) is 1. The Morgan fingerprint density at radius 2 is 1.82 bits per heavy atom. The van der Waals surface area contributed by atoms with Gasteiger partial charge in [0.25, 0.3) is 5.91 Å². The number of carbonyl (C=O) groups excluding carboxylic acids is 1. The number of anilines is 1. The molecule has 0 radical (unpaired) electrons. The Kier molecular flexibility index (Phi) is 6.05. The molecule has 0 saturated heterocycles. The molecule has 0 aliphatic carbocycles. The second-order valence-corrected chi connectivity index (χ2v) is 8.75. The Balaban J connectivity index is 1.65. The van der Waals surface area contributed by atoms with Crippen LogP contribution in [0.1, 0.15) is 60.8 Å². The van der Waals surface area contributed by atoms with Crippen LogP contribution in [0, 0.1) is 17.5 Å². The van der Waals surface area contributed by atoms with Crippen LogP contribution >= 0.6 is 0 Å². The van der Waals surface area contributed by atoms with E-state index in [1.807, 2.05) is 6.92 Å². The molecular weight excluding hydrogens is 448 g/mol. The van der Waals surface area contributed by atoms with Crippen LogP contribution in [0.4, 0.5) is 23.4 Å². The summed E-state index contributed by atoms with van der Waals surface area (Å²) in [5, 5.41) is 3.08. The molecular formula is C25H24F4N4O. The van der Waals surface area contributed by atoms with Gasteiger partial charge < -0.3 is 10.2 Å². The van der Waals surface area contributed by atoms with Gasteiger partial charge in [-0.25, -0.2) is 22.5 Å². The van der Waals surface area contributed by atoms with Gasteiger partial charge in [-0.2, -0.15) is 0 Å². The van der Waals surface area contributed by atoms with Crippen molar-refractivity contribution in [3.8, 4) is 11.3 Å². The normalized spacial score (nSPS) is 14.4. The predicted octanol–water partition coefficient (Wildman–Crippen LogP) is 5.91. The predicted molar refractivity (Wildman–Crippen MR) is 120 cm³/mol. The molecule has 9 heteroatoms. The van der Waals surface area contributed by atoms with E-state index in [-0.39, 0.29) is 28.3 Å². The lowest BCUT2D eigenvalue weighted by molar-refractivity contribution is 0.0787. The zero-order valence-corrected chi connectivity index (χ0v) is 19.2. The minimum absolute atomic E-state index is 0.0329. The van der Waals surface area contributed by atoms with Crippen LogP contribution in [0.2, 0.25) is 0 Å². The molecule has 34 heavy (non-hydrogen) atoms. The van der Waals surface area contributed by atoms with Crippen LogP contribution in [0.25, 0.3) is 11.3 Å². The van der Waals surface area contributed by atoms with E-state index >= 15 is 8.78 Å². The van der Waals surface area contributed by atoms with E-state index in [9.17, 15) is 13.6 Å². The third-order valence-corrected chi connectivity index (χ3v) is 5.98. The van der Waals surface area contributed by atoms with Crippen LogP contribution < -0.4 is 5.32 Å². The highest BCUT2D eigenvalue weighted by Gasteiger charge is 2.30. The molecule has 0 bridgehead atoms. The fourth-order valence-corrected chi connectivity index (χ4v) is 4.08. The topological polar surface area (TPSA) is 58.1 Å². The molecule has 4 rings (SSSR count). The van der Waals surface area contributed by atoms with Gasteiger partial charge in [0, 0.05) is 40.6 Å². The number of halogens is 4. The molecule has 1 atom stereocenters. The monoisotopic (exact) mass is 472 g/mol. The average molecular weight is 472 g/mol. The number of fused-ring (bicyclic) bond motifs is 1. The average Bonchev–Trinajstić information content (AvgIpc) is 3.11. The summed E-state index contributed by atoms with van der Waals surface area (Å²) >= 11 is 0. The first-order valence-electron chi connectivity index (χ1n) is 10.9. The van der Waals surface area contributed by atoms with E-state index in [2.05, 4.69) is 15.3 Å². The van der Waals surface area contributed by atoms with E-state index in [1.54, 1.807) is 17.9 Å². The number of hydrogen-bond acceptors (Lipinski definition) is 4. The van der Waals surface area contributed by atoms with Crippen molar-refractivity contribution in [2.45, 2.75) is 46.0 Å². The highest BCUT2D eigenvalue weighted by molar-refractivity contribution is 5.99. The lowest BCUT2D eigenvalue weighted by atomic mass is 9.97. The standard InChI is InChI=1S/C25H24F4N4O/c1-5-33-12-17-14(24(33)34)6-7-30-23(17)32-13(2)15-8-20(27)16(9-19(15)26)22-10-18(25(3,4)29)21(28)11-31-22/h6-11,13H,5,12H2,1-4H3,(H,30,32). The molecule has 178 valence electrons. The molecule has 1 aliphatic heterocycles. The van der Waals surface area contributed by atoms with Crippen LogP contribution in [0.5, 0.6) is 0 Å². The zero-order chi connectivity index (χ0) is 24.8. The van der Waals surface area contributed by atoms with Crippen molar-refractivity contribution in [1.82, 2.24) is 14.9 Å². The number of pyridine rings is 2. The third-order valence-electron chi connectivity index (χ3n) is 5.98. The Morgan fingerprint density at radius 1 is 1.09 bits per heavy atom. The third kappa shape index (κ3) is 4.22. The zero-order valence-electron chi connectivity index (χ0n) is 19.2. The largest absolute Gasteiger partial charge is 0.363 e. The number of benzene rings is 1. The second kappa shape index (κ2) is 8.70. The van der Waals surface area contributed by atoms with Crippen molar-refractivity contribution < 1.29 is 22.4 Å². The summed E-state index contributed by atoms with van der Waals surface area (Å²) in [6.45, 7) is 6.79. The number of carbonyl (C=O) groups is 1. The van der Waals surface area contributed by atoms with Gasteiger partial charge in [-0.15, -0.1) is 0 Å². The van der Waals surface area contributed by atoms with E-state index < -0.39 is 29.2 Å². The summed E-state index contributed by atoms with van der Waals surface area (Å²) in [6.07, 6.45) is 2.29. The smallest absolute Gasteiger partial charge is 0.254 e. The fraction of sp³-hybridized carbons (Fsp3) is 0.320. The van der Waals surface area contributed by atoms with Crippen LogP contribution in [-0.4, -0.2) is 27.3 Å². The summed E-state index contributed by atoms with van der Waals surface area (Å²) in [6, 6.07) is 4.03. The summed E-state index contributed by atoms with van der Waals surface area (Å²) < 4.78 is 58.4. The van der Waals surface area contributed by atoms with E-state index in [4.69, 9.17) is 0 Å². The maximum atomic E-state index is 15.1. The first kappa shape index (κ1) is 23.7. The van der Waals surface area contributed by atoms with Crippen LogP contribution in [0.3, 0.4) is 0 Å². The summed E-state index contributed by atoms with van der Waals surface area (Å²) in [7, 11) is 0. The maximum absolute atomic E-state index is 15.1. The number of amides is 1. The quantitative estimate of drug-likeness (QED) is 0.453. The Labute approximate surface area is 194 Å². The highest BCUT2D eigenvalue weighted by atomic mass is 19.2. The van der Waals surface area contributed by atoms with E-state index in [0.29, 0.717) is 30.0 Å². The molecule has 1 unspecified atom stereocenters. The Bertz CT molecular complexity index is 1270. The van der Waals surface area contributed by atoms with Crippen LogP contribution in [0.15, 0.2) is 36.7 Å². The molecule has 0 saturated carbocycles. The van der Waals surface area contributed by atoms with E-state index in [0.717, 1.165) is 24.4 Å². The van der Waals surface area contributed by atoms with Crippen molar-refractivity contribution in [3.63, 3.8) is 0 Å². The summed E-state index contributed by atoms with van der Waals surface area (Å²) in [5.74, 6) is -2.05. The van der Waals surface area contributed by atoms with Crippen molar-refractivity contribution in [1.29, 1.82) is 0 Å². The molecule has 0 spiro atoms. The number of aromatic nitrogens is 2. The fourth-order valence-electron chi connectivity index (χ4n) is 4.08. The molecule has 1 N–H and O–H groups in total. The maximum Gasteiger partial charge on any atom is 0.254 e. The molecule has 0 fully saturated rings. The van der Waals surface area contributed by atoms with Gasteiger partial charge in [0.1, 0.15) is 28.9 Å². The van der Waals surface area contributed by atoms with Gasteiger partial charge in [-0.3, -0.25) is 9.78 Å². The van der Waals surface area contributed by atoms with Gasteiger partial charge in [-0.1, -0.05) is 0 Å². The van der Waals surface area contributed by atoms with Crippen molar-refractivity contribution in [2.24, 2.45) is 0 Å². The number of rotatable bonds is 6. The SMILES string of the molecule is CCN1Cc2c(ccnc2NC(C)c2cc(F)c(-c3cc(C(C)(C)F)c(F)cn3)cc2F)C1=O. The molecule has 3 aromatic rings. The first-order chi connectivity index (χ1) is 16.0. The minimum Gasteiger partial charge on any atom is -0.363 e. The lowest BCUT2D eigenvalue weighted by Crippen LogP contribution is -2.22. The molecule has 2 aromatic heterocycles. The van der Waals surface area contributed by atoms with Gasteiger partial charge in [0.05, 0.1) is 24.5 Å². The van der Waals surface area contributed by atoms with Crippen LogP contribution in [-0.2, 0) is 12.2 Å². The second-order valence-electron chi connectivity index (χ2n) is 8.75. The number of hydrogen-bond donors (Lipinski definition) is 1. The number of alkyl halides is 1. The molecule has 3 heterocycles. The molecule has 5 nitrogen and oxygen atoms in total. The lowest BCUT2D eigenvalue weighted by Gasteiger charge is -2.19. The molecule has 1 aromatic carbocycles. The molecule has 1 aliphatic rings. The summed E-state index contributed by atoms with van der Waals surface area (Å²) in [4.78, 5) is 22.2. The number of nitrogens with zero attached hydrogens (tertiary/aromatic N) is 3.